The third-order valence-electron chi connectivity index (χ3n) is 4.48. The molecule has 3 atom stereocenters. The van der Waals surface area contributed by atoms with Crippen LogP contribution in [0.2, 0.25) is 0 Å². The van der Waals surface area contributed by atoms with E-state index in [0.717, 1.165) is 13.0 Å². The van der Waals surface area contributed by atoms with E-state index in [1.807, 2.05) is 13.8 Å². The standard InChI is InChI=1S/C15H22N2OS/c1-10(2)15(18)16-13-7-12-3-4-14(13)17(12)8-11-5-6-19-9-11/h5-6,9-10,12-14H,3-4,7-8H2,1-2H3,(H,16,18)/t12-,13-,14-/m1/s1. The molecule has 1 aromatic rings. The van der Waals surface area contributed by atoms with Crippen molar-refractivity contribution in [2.75, 3.05) is 0 Å². The van der Waals surface area contributed by atoms with E-state index in [9.17, 15) is 4.79 Å². The molecule has 0 unspecified atom stereocenters. The Kier molecular flexibility index (Phi) is 3.63. The molecule has 0 radical (unpaired) electrons. The number of amides is 1. The van der Waals surface area contributed by atoms with Gasteiger partial charge in [0, 0.05) is 30.6 Å². The van der Waals surface area contributed by atoms with Crippen LogP contribution < -0.4 is 5.32 Å². The lowest BCUT2D eigenvalue weighted by Crippen LogP contribution is -2.45. The third-order valence-corrected chi connectivity index (χ3v) is 5.21. The molecule has 2 bridgehead atoms. The van der Waals surface area contributed by atoms with Crippen molar-refractivity contribution in [1.82, 2.24) is 10.2 Å². The molecule has 2 fully saturated rings. The molecule has 0 saturated carbocycles. The highest BCUT2D eigenvalue weighted by atomic mass is 32.1. The number of thiophene rings is 1. The van der Waals surface area contributed by atoms with Crippen molar-refractivity contribution in [3.05, 3.63) is 22.4 Å². The van der Waals surface area contributed by atoms with Crippen molar-refractivity contribution >= 4 is 17.2 Å². The first-order valence-electron chi connectivity index (χ1n) is 7.22. The smallest absolute Gasteiger partial charge is 0.222 e. The molecule has 3 rings (SSSR count). The van der Waals surface area contributed by atoms with E-state index in [-0.39, 0.29) is 11.8 Å². The van der Waals surface area contributed by atoms with Gasteiger partial charge in [-0.15, -0.1) is 0 Å². The van der Waals surface area contributed by atoms with Crippen LogP contribution in [0.4, 0.5) is 0 Å². The van der Waals surface area contributed by atoms with Gasteiger partial charge in [-0.25, -0.2) is 0 Å². The Morgan fingerprint density at radius 1 is 1.53 bits per heavy atom. The first-order valence-corrected chi connectivity index (χ1v) is 8.16. The van der Waals surface area contributed by atoms with Crippen LogP contribution in [-0.2, 0) is 11.3 Å². The van der Waals surface area contributed by atoms with E-state index < -0.39 is 0 Å². The fourth-order valence-corrected chi connectivity index (χ4v) is 4.11. The van der Waals surface area contributed by atoms with Crippen LogP contribution in [0, 0.1) is 5.92 Å². The van der Waals surface area contributed by atoms with Gasteiger partial charge in [0.05, 0.1) is 0 Å². The molecule has 2 saturated heterocycles. The normalized spacial score (nSPS) is 30.2. The highest BCUT2D eigenvalue weighted by molar-refractivity contribution is 7.07. The molecular weight excluding hydrogens is 256 g/mol. The van der Waals surface area contributed by atoms with Crippen molar-refractivity contribution < 1.29 is 4.79 Å². The summed E-state index contributed by atoms with van der Waals surface area (Å²) in [6.45, 7) is 4.98. The Balaban J connectivity index is 1.64. The minimum absolute atomic E-state index is 0.0875. The molecule has 4 heteroatoms. The van der Waals surface area contributed by atoms with E-state index in [4.69, 9.17) is 0 Å². The van der Waals surface area contributed by atoms with Crippen LogP contribution in [-0.4, -0.2) is 28.9 Å². The number of hydrogen-bond acceptors (Lipinski definition) is 3. The lowest BCUT2D eigenvalue weighted by molar-refractivity contribution is -0.124. The van der Waals surface area contributed by atoms with Crippen LogP contribution in [0.15, 0.2) is 16.8 Å². The number of nitrogens with zero attached hydrogens (tertiary/aromatic N) is 1. The number of nitrogens with one attached hydrogen (secondary N) is 1. The van der Waals surface area contributed by atoms with Crippen LogP contribution in [0.3, 0.4) is 0 Å². The minimum atomic E-state index is 0.0875. The summed E-state index contributed by atoms with van der Waals surface area (Å²) in [5.41, 5.74) is 1.41. The summed E-state index contributed by atoms with van der Waals surface area (Å²) >= 11 is 1.76. The second kappa shape index (κ2) is 5.25. The van der Waals surface area contributed by atoms with Crippen LogP contribution in [0.5, 0.6) is 0 Å². The molecule has 3 nitrogen and oxygen atoms in total. The fourth-order valence-electron chi connectivity index (χ4n) is 3.45. The van der Waals surface area contributed by atoms with E-state index in [0.29, 0.717) is 18.1 Å². The minimum Gasteiger partial charge on any atom is -0.352 e. The third kappa shape index (κ3) is 2.56. The van der Waals surface area contributed by atoms with Gasteiger partial charge in [0.2, 0.25) is 5.91 Å². The maximum absolute atomic E-state index is 11.9. The molecule has 0 aromatic carbocycles. The molecule has 104 valence electrons. The van der Waals surface area contributed by atoms with Gasteiger partial charge in [0.15, 0.2) is 0 Å². The summed E-state index contributed by atoms with van der Waals surface area (Å²) in [7, 11) is 0. The Bertz CT molecular complexity index is 443. The summed E-state index contributed by atoms with van der Waals surface area (Å²) in [4.78, 5) is 14.5. The number of hydrogen-bond donors (Lipinski definition) is 1. The number of carbonyl (C=O) groups excluding carboxylic acids is 1. The molecule has 2 aliphatic heterocycles. The first-order chi connectivity index (χ1) is 9.15. The van der Waals surface area contributed by atoms with Gasteiger partial charge < -0.3 is 5.32 Å². The SMILES string of the molecule is CC(C)C(=O)N[C@@H]1C[C@H]2CC[C@H]1N2Cc1ccsc1. The zero-order chi connectivity index (χ0) is 13.4. The molecule has 1 N–H and O–H groups in total. The number of fused-ring (bicyclic) bond motifs is 2. The Hall–Kier alpha value is -0.870. The lowest BCUT2D eigenvalue weighted by atomic mass is 9.95. The second-order valence-corrected chi connectivity index (χ2v) is 6.89. The highest BCUT2D eigenvalue weighted by Crippen LogP contribution is 2.39. The van der Waals surface area contributed by atoms with Gasteiger partial charge >= 0.3 is 0 Å². The maximum Gasteiger partial charge on any atom is 0.222 e. The Morgan fingerprint density at radius 2 is 2.37 bits per heavy atom. The Morgan fingerprint density at radius 3 is 3.05 bits per heavy atom. The Labute approximate surface area is 119 Å². The molecule has 1 amide bonds. The predicted octanol–water partition coefficient (Wildman–Crippen LogP) is 2.63. The summed E-state index contributed by atoms with van der Waals surface area (Å²) in [6.07, 6.45) is 3.66. The monoisotopic (exact) mass is 278 g/mol. The van der Waals surface area contributed by atoms with Crippen molar-refractivity contribution in [2.24, 2.45) is 5.92 Å². The van der Waals surface area contributed by atoms with E-state index in [2.05, 4.69) is 27.0 Å². The second-order valence-electron chi connectivity index (χ2n) is 6.11. The average molecular weight is 278 g/mol. The van der Waals surface area contributed by atoms with Crippen molar-refractivity contribution in [1.29, 1.82) is 0 Å². The molecule has 3 heterocycles. The van der Waals surface area contributed by atoms with Crippen LogP contribution in [0.25, 0.3) is 0 Å². The van der Waals surface area contributed by atoms with E-state index >= 15 is 0 Å². The quantitative estimate of drug-likeness (QED) is 0.918. The summed E-state index contributed by atoms with van der Waals surface area (Å²) in [5.74, 6) is 0.289. The van der Waals surface area contributed by atoms with Gasteiger partial charge in [0.25, 0.3) is 0 Å². The average Bonchev–Trinajstić information content (AvgIpc) is 3.07. The fraction of sp³-hybridized carbons (Fsp3) is 0.667. The van der Waals surface area contributed by atoms with Gasteiger partial charge in [-0.1, -0.05) is 13.8 Å². The van der Waals surface area contributed by atoms with Crippen molar-refractivity contribution in [3.8, 4) is 0 Å². The summed E-state index contributed by atoms with van der Waals surface area (Å²) in [6, 6.07) is 3.80. The highest BCUT2D eigenvalue weighted by Gasteiger charge is 2.46. The summed E-state index contributed by atoms with van der Waals surface area (Å²) in [5, 5.41) is 7.62. The van der Waals surface area contributed by atoms with E-state index in [1.165, 1.54) is 18.4 Å². The van der Waals surface area contributed by atoms with Gasteiger partial charge in [0.1, 0.15) is 0 Å². The predicted molar refractivity (Wildman–Crippen MR) is 78.1 cm³/mol. The molecule has 2 aliphatic rings. The maximum atomic E-state index is 11.9. The van der Waals surface area contributed by atoms with Crippen molar-refractivity contribution in [2.45, 2.75) is 57.8 Å². The molecule has 0 spiro atoms. The molecule has 1 aromatic heterocycles. The van der Waals surface area contributed by atoms with Gasteiger partial charge in [-0.3, -0.25) is 9.69 Å². The topological polar surface area (TPSA) is 32.3 Å². The summed E-state index contributed by atoms with van der Waals surface area (Å²) < 4.78 is 0. The van der Waals surface area contributed by atoms with Crippen LogP contribution in [0.1, 0.15) is 38.7 Å². The van der Waals surface area contributed by atoms with Gasteiger partial charge in [-0.2, -0.15) is 11.3 Å². The number of carbonyl (C=O) groups is 1. The lowest BCUT2D eigenvalue weighted by Gasteiger charge is -2.25. The molecule has 0 aliphatic carbocycles. The zero-order valence-corrected chi connectivity index (χ0v) is 12.5. The zero-order valence-electron chi connectivity index (χ0n) is 11.6. The number of rotatable bonds is 4. The molecule has 19 heavy (non-hydrogen) atoms. The van der Waals surface area contributed by atoms with Crippen LogP contribution >= 0.6 is 11.3 Å². The van der Waals surface area contributed by atoms with Crippen molar-refractivity contribution in [3.63, 3.8) is 0 Å². The van der Waals surface area contributed by atoms with E-state index in [1.54, 1.807) is 11.3 Å². The van der Waals surface area contributed by atoms with Gasteiger partial charge in [-0.05, 0) is 41.7 Å². The largest absolute Gasteiger partial charge is 0.352 e. The first kappa shape index (κ1) is 13.1. The molecular formula is C15H22N2OS.